The van der Waals surface area contributed by atoms with Crippen LogP contribution in [0.1, 0.15) is 70.1 Å². The monoisotopic (exact) mass is 559 g/mol. The van der Waals surface area contributed by atoms with Crippen LogP contribution >= 0.6 is 0 Å². The zero-order valence-electron chi connectivity index (χ0n) is 26.4. The summed E-state index contributed by atoms with van der Waals surface area (Å²) >= 11 is 0. The van der Waals surface area contributed by atoms with E-state index in [1.165, 1.54) is 55.6 Å². The summed E-state index contributed by atoms with van der Waals surface area (Å²) < 4.78 is 0. The van der Waals surface area contributed by atoms with Gasteiger partial charge in [-0.1, -0.05) is 161 Å². The number of rotatable bonds is 7. The summed E-state index contributed by atoms with van der Waals surface area (Å²) in [4.78, 5) is 2.60. The van der Waals surface area contributed by atoms with Crippen LogP contribution in [0.2, 0.25) is 0 Å². The third-order valence-electron chi connectivity index (χ3n) is 9.15. The molecule has 5 aromatic carbocycles. The zero-order chi connectivity index (χ0) is 30.1. The van der Waals surface area contributed by atoms with Gasteiger partial charge >= 0.3 is 0 Å². The van der Waals surface area contributed by atoms with Crippen LogP contribution in [0.5, 0.6) is 0 Å². The first-order valence-corrected chi connectivity index (χ1v) is 15.7. The zero-order valence-corrected chi connectivity index (χ0v) is 26.4. The third-order valence-corrected chi connectivity index (χ3v) is 9.15. The molecule has 0 fully saturated rings. The first-order valence-electron chi connectivity index (χ1n) is 15.7. The van der Waals surface area contributed by atoms with Gasteiger partial charge in [-0.05, 0) is 65.2 Å². The molecule has 0 saturated heterocycles. The second-order valence-electron chi connectivity index (χ2n) is 13.0. The van der Waals surface area contributed by atoms with Gasteiger partial charge in [0.2, 0.25) is 6.71 Å². The molecule has 0 N–H and O–H groups in total. The van der Waals surface area contributed by atoms with Crippen molar-refractivity contribution in [2.45, 2.75) is 58.8 Å². The van der Waals surface area contributed by atoms with Gasteiger partial charge in [-0.3, -0.25) is 0 Å². The second kappa shape index (κ2) is 11.8. The lowest BCUT2D eigenvalue weighted by atomic mass is 9.30. The first kappa shape index (κ1) is 28.8. The predicted octanol–water partition coefficient (Wildman–Crippen LogP) is 10.4. The quantitative estimate of drug-likeness (QED) is 0.179. The van der Waals surface area contributed by atoms with Crippen LogP contribution in [-0.4, -0.2) is 12.2 Å². The van der Waals surface area contributed by atoms with Crippen LogP contribution in [-0.2, 0) is 0 Å². The van der Waals surface area contributed by atoms with Gasteiger partial charge < -0.3 is 4.90 Å². The number of hydrogen-bond donors (Lipinski definition) is 0. The smallest absolute Gasteiger partial charge is 0.239 e. The predicted molar refractivity (Wildman–Crippen MR) is 188 cm³/mol. The Hall–Kier alpha value is -4.30. The Bertz CT molecular complexity index is 1650. The number of anilines is 1. The SMILES string of the molecule is CC(C)c1cccc(C(C)C)c1C1=CN(c2c(-c3ccccc3)cccc2-c2ccccc2)C(C)(C)B1c1ccccc1. The minimum absolute atomic E-state index is 0.179. The third kappa shape index (κ3) is 5.25. The molecule has 1 aliphatic rings. The van der Waals surface area contributed by atoms with E-state index in [9.17, 15) is 0 Å². The van der Waals surface area contributed by atoms with Crippen molar-refractivity contribution in [3.05, 3.63) is 150 Å². The number of nitrogens with zero attached hydrogens (tertiary/aromatic N) is 1. The van der Waals surface area contributed by atoms with Crippen molar-refractivity contribution >= 4 is 23.3 Å². The molecule has 0 aromatic heterocycles. The molecule has 5 aromatic rings. The summed E-state index contributed by atoms with van der Waals surface area (Å²) in [5.41, 5.74) is 13.0. The van der Waals surface area contributed by atoms with Gasteiger partial charge in [-0.25, -0.2) is 0 Å². The molecule has 1 heterocycles. The van der Waals surface area contributed by atoms with Crippen LogP contribution in [0.3, 0.4) is 0 Å². The highest BCUT2D eigenvalue weighted by atomic mass is 15.2. The van der Waals surface area contributed by atoms with Gasteiger partial charge in [0.1, 0.15) is 0 Å². The molecule has 214 valence electrons. The molecule has 0 spiro atoms. The Kier molecular flexibility index (Phi) is 7.88. The maximum absolute atomic E-state index is 2.60. The van der Waals surface area contributed by atoms with Crippen molar-refractivity contribution in [1.82, 2.24) is 0 Å². The summed E-state index contributed by atoms with van der Waals surface area (Å²) in [6, 6.07) is 46.6. The fourth-order valence-corrected chi connectivity index (χ4v) is 7.08. The van der Waals surface area contributed by atoms with Gasteiger partial charge in [-0.15, -0.1) is 0 Å². The van der Waals surface area contributed by atoms with E-state index in [0.29, 0.717) is 11.8 Å². The van der Waals surface area contributed by atoms with E-state index in [-0.39, 0.29) is 12.2 Å². The van der Waals surface area contributed by atoms with Gasteiger partial charge in [-0.2, -0.15) is 0 Å². The van der Waals surface area contributed by atoms with Crippen LogP contribution in [0.25, 0.3) is 27.7 Å². The number of hydrogen-bond acceptors (Lipinski definition) is 1. The highest BCUT2D eigenvalue weighted by molar-refractivity contribution is 6.93. The molecule has 0 atom stereocenters. The van der Waals surface area contributed by atoms with Crippen molar-refractivity contribution in [2.24, 2.45) is 0 Å². The van der Waals surface area contributed by atoms with Crippen LogP contribution in [0, 0.1) is 0 Å². The van der Waals surface area contributed by atoms with Crippen molar-refractivity contribution in [3.63, 3.8) is 0 Å². The topological polar surface area (TPSA) is 3.24 Å². The Labute approximate surface area is 259 Å². The van der Waals surface area contributed by atoms with E-state index < -0.39 is 0 Å². The molecule has 0 aliphatic carbocycles. The summed E-state index contributed by atoms with van der Waals surface area (Å²) in [6.45, 7) is 14.4. The molecule has 1 aliphatic heterocycles. The molecule has 6 rings (SSSR count). The molecule has 0 bridgehead atoms. The minimum Gasteiger partial charge on any atom is -0.349 e. The average molecular weight is 560 g/mol. The van der Waals surface area contributed by atoms with E-state index in [1.807, 2.05) is 0 Å². The second-order valence-corrected chi connectivity index (χ2v) is 13.0. The molecule has 0 radical (unpaired) electrons. The summed E-state index contributed by atoms with van der Waals surface area (Å²) in [5.74, 6) is 0.833. The van der Waals surface area contributed by atoms with Gasteiger partial charge in [0, 0.05) is 16.6 Å². The van der Waals surface area contributed by atoms with Gasteiger partial charge in [0.25, 0.3) is 0 Å². The standard InChI is InChI=1S/C41H42BN/c1-29(2)34-24-16-25-35(30(3)4)39(34)38-28-43(41(5,6)42(38)33-22-14-9-15-23-33)40-36(31-18-10-7-11-19-31)26-17-27-37(40)32-20-12-8-13-21-32/h7-30H,1-6H3. The van der Waals surface area contributed by atoms with E-state index in [2.05, 4.69) is 180 Å². The van der Waals surface area contributed by atoms with E-state index in [1.54, 1.807) is 0 Å². The van der Waals surface area contributed by atoms with Crippen molar-refractivity contribution < 1.29 is 0 Å². The fourth-order valence-electron chi connectivity index (χ4n) is 7.08. The Balaban J connectivity index is 1.69. The van der Waals surface area contributed by atoms with Gasteiger partial charge in [0.15, 0.2) is 0 Å². The maximum Gasteiger partial charge on any atom is 0.239 e. The largest absolute Gasteiger partial charge is 0.349 e. The maximum atomic E-state index is 2.60. The van der Waals surface area contributed by atoms with Crippen molar-refractivity contribution in [1.29, 1.82) is 0 Å². The normalized spacial score (nSPS) is 14.5. The van der Waals surface area contributed by atoms with Crippen LogP contribution in [0.4, 0.5) is 5.69 Å². The summed E-state index contributed by atoms with van der Waals surface area (Å²) in [6.07, 6.45) is 2.50. The van der Waals surface area contributed by atoms with Crippen molar-refractivity contribution in [3.8, 4) is 22.3 Å². The van der Waals surface area contributed by atoms with Crippen LogP contribution in [0.15, 0.2) is 134 Å². The molecule has 0 amide bonds. The molecule has 1 nitrogen and oxygen atoms in total. The Morgan fingerprint density at radius 2 is 0.977 bits per heavy atom. The van der Waals surface area contributed by atoms with E-state index in [0.717, 1.165) is 0 Å². The molecule has 0 unspecified atom stereocenters. The highest BCUT2D eigenvalue weighted by Crippen LogP contribution is 2.49. The molecule has 2 heteroatoms. The molecule has 43 heavy (non-hydrogen) atoms. The lowest BCUT2D eigenvalue weighted by Crippen LogP contribution is -2.55. The molecule has 0 saturated carbocycles. The van der Waals surface area contributed by atoms with E-state index >= 15 is 0 Å². The lowest BCUT2D eigenvalue weighted by molar-refractivity contribution is 0.701. The van der Waals surface area contributed by atoms with Crippen molar-refractivity contribution in [2.75, 3.05) is 4.90 Å². The Morgan fingerprint density at radius 1 is 0.535 bits per heavy atom. The first-order chi connectivity index (χ1) is 20.8. The molecular weight excluding hydrogens is 517 g/mol. The van der Waals surface area contributed by atoms with E-state index in [4.69, 9.17) is 0 Å². The van der Waals surface area contributed by atoms with Crippen LogP contribution < -0.4 is 10.4 Å². The highest BCUT2D eigenvalue weighted by Gasteiger charge is 2.49. The minimum atomic E-state index is -0.247. The molecular formula is C41H42BN. The average Bonchev–Trinajstić information content (AvgIpc) is 3.31. The summed E-state index contributed by atoms with van der Waals surface area (Å²) in [7, 11) is 0. The Morgan fingerprint density at radius 3 is 1.44 bits per heavy atom. The number of benzene rings is 5. The lowest BCUT2D eigenvalue weighted by Gasteiger charge is -2.39. The van der Waals surface area contributed by atoms with Gasteiger partial charge in [0.05, 0.1) is 5.69 Å². The summed E-state index contributed by atoms with van der Waals surface area (Å²) in [5, 5.41) is 0. The fraction of sp³-hybridized carbons (Fsp3) is 0.220. The number of para-hydroxylation sites is 1.